The second kappa shape index (κ2) is 4.02. The van der Waals surface area contributed by atoms with E-state index in [1.165, 1.54) is 0 Å². The molecule has 0 atom stereocenters. The molecule has 0 aliphatic carbocycles. The zero-order valence-electron chi connectivity index (χ0n) is 7.49. The maximum absolute atomic E-state index is 9.34. The molecule has 1 N–H and O–H groups in total. The van der Waals surface area contributed by atoms with Gasteiger partial charge in [0.1, 0.15) is 6.61 Å². The summed E-state index contributed by atoms with van der Waals surface area (Å²) in [5.74, 6) is 0. The van der Waals surface area contributed by atoms with Crippen LogP contribution in [-0.4, -0.2) is 27.3 Å². The van der Waals surface area contributed by atoms with Gasteiger partial charge in [0.25, 0.3) is 0 Å². The molecule has 1 heterocycles. The summed E-state index contributed by atoms with van der Waals surface area (Å²) in [6, 6.07) is 0.269. The van der Waals surface area contributed by atoms with Crippen LogP contribution >= 0.6 is 15.9 Å². The van der Waals surface area contributed by atoms with Gasteiger partial charge in [0.05, 0.1) is 10.1 Å². The molecule has 0 saturated heterocycles. The first-order chi connectivity index (χ1) is 5.97. The van der Waals surface area contributed by atoms with Crippen LogP contribution in [0.3, 0.4) is 0 Å². The first-order valence-corrected chi connectivity index (χ1v) is 4.59. The Morgan fingerprint density at radius 1 is 1.46 bits per heavy atom. The molecule has 0 radical (unpaired) electrons. The van der Waals surface area contributed by atoms with Gasteiger partial charge < -0.3 is 9.84 Å². The van der Waals surface area contributed by atoms with Gasteiger partial charge in [0.2, 0.25) is 0 Å². The van der Waals surface area contributed by atoms with Gasteiger partial charge in [-0.05, 0) is 29.8 Å². The summed E-state index contributed by atoms with van der Waals surface area (Å²) in [6.07, 6.45) is 3.18. The van der Waals surface area contributed by atoms with Gasteiger partial charge >= 0.3 is 6.01 Å². The van der Waals surface area contributed by atoms with E-state index in [0.717, 1.165) is 4.47 Å². The van der Waals surface area contributed by atoms with Crippen LogP contribution in [0.5, 0.6) is 6.01 Å². The highest BCUT2D eigenvalue weighted by atomic mass is 79.9. The molecule has 4 nitrogen and oxygen atoms in total. The summed E-state index contributed by atoms with van der Waals surface area (Å²) in [5, 5.41) is 9.34. The summed E-state index contributed by atoms with van der Waals surface area (Å²) in [4.78, 5) is 7.78. The predicted octanol–water partition coefficient (Wildman–Crippen LogP) is 1.39. The summed E-state index contributed by atoms with van der Waals surface area (Å²) in [6.45, 7) is 3.49. The second-order valence-electron chi connectivity index (χ2n) is 3.28. The molecule has 0 fully saturated rings. The largest absolute Gasteiger partial charge is 0.460 e. The molecule has 0 spiro atoms. The van der Waals surface area contributed by atoms with Crippen LogP contribution in [0.2, 0.25) is 0 Å². The van der Waals surface area contributed by atoms with Gasteiger partial charge in [-0.2, -0.15) is 0 Å². The van der Waals surface area contributed by atoms with Crippen molar-refractivity contribution in [2.45, 2.75) is 19.4 Å². The van der Waals surface area contributed by atoms with E-state index in [2.05, 4.69) is 25.9 Å². The molecule has 0 bridgehead atoms. The molecule has 1 rings (SSSR count). The summed E-state index contributed by atoms with van der Waals surface area (Å²) in [5.41, 5.74) is -0.865. The van der Waals surface area contributed by atoms with Crippen molar-refractivity contribution in [2.75, 3.05) is 6.61 Å². The first kappa shape index (κ1) is 10.4. The lowest BCUT2D eigenvalue weighted by atomic mass is 10.2. The number of nitrogens with zero attached hydrogens (tertiary/aromatic N) is 2. The Morgan fingerprint density at radius 2 is 2.00 bits per heavy atom. The van der Waals surface area contributed by atoms with Crippen LogP contribution in [-0.2, 0) is 0 Å². The minimum Gasteiger partial charge on any atom is -0.460 e. The van der Waals surface area contributed by atoms with Crippen molar-refractivity contribution in [3.63, 3.8) is 0 Å². The molecular formula is C8H11BrN2O2. The van der Waals surface area contributed by atoms with Crippen LogP contribution in [0.4, 0.5) is 0 Å². The summed E-state index contributed by atoms with van der Waals surface area (Å²) < 4.78 is 5.93. The summed E-state index contributed by atoms with van der Waals surface area (Å²) in [7, 11) is 0. The first-order valence-electron chi connectivity index (χ1n) is 3.80. The van der Waals surface area contributed by atoms with Gasteiger partial charge in [-0.1, -0.05) is 0 Å². The van der Waals surface area contributed by atoms with Crippen molar-refractivity contribution in [2.24, 2.45) is 0 Å². The fraction of sp³-hybridized carbons (Fsp3) is 0.500. The Morgan fingerprint density at radius 3 is 2.46 bits per heavy atom. The van der Waals surface area contributed by atoms with E-state index < -0.39 is 5.60 Å². The van der Waals surface area contributed by atoms with Crippen molar-refractivity contribution in [3.05, 3.63) is 16.9 Å². The van der Waals surface area contributed by atoms with Gasteiger partial charge in [0, 0.05) is 12.4 Å². The van der Waals surface area contributed by atoms with Crippen molar-refractivity contribution < 1.29 is 9.84 Å². The van der Waals surface area contributed by atoms with Crippen LogP contribution in [0.25, 0.3) is 0 Å². The van der Waals surface area contributed by atoms with E-state index >= 15 is 0 Å². The van der Waals surface area contributed by atoms with Crippen molar-refractivity contribution >= 4 is 15.9 Å². The SMILES string of the molecule is CC(C)(O)COc1ncc(Br)cn1. The third kappa shape index (κ3) is 4.19. The average Bonchev–Trinajstić information content (AvgIpc) is 2.02. The number of aromatic nitrogens is 2. The molecule has 13 heavy (non-hydrogen) atoms. The second-order valence-corrected chi connectivity index (χ2v) is 4.20. The van der Waals surface area contributed by atoms with E-state index in [-0.39, 0.29) is 12.6 Å². The maximum atomic E-state index is 9.34. The van der Waals surface area contributed by atoms with E-state index in [1.807, 2.05) is 0 Å². The predicted molar refractivity (Wildman–Crippen MR) is 51.5 cm³/mol. The fourth-order valence-corrected chi connectivity index (χ4v) is 0.821. The third-order valence-corrected chi connectivity index (χ3v) is 1.56. The smallest absolute Gasteiger partial charge is 0.316 e. The molecule has 0 aliphatic heterocycles. The fourth-order valence-electron chi connectivity index (χ4n) is 0.616. The Bertz CT molecular complexity index is 268. The van der Waals surface area contributed by atoms with Crippen LogP contribution in [0.1, 0.15) is 13.8 Å². The lowest BCUT2D eigenvalue weighted by Crippen LogP contribution is -2.28. The van der Waals surface area contributed by atoms with E-state index in [0.29, 0.717) is 0 Å². The monoisotopic (exact) mass is 246 g/mol. The van der Waals surface area contributed by atoms with Crippen molar-refractivity contribution in [3.8, 4) is 6.01 Å². The van der Waals surface area contributed by atoms with Crippen molar-refractivity contribution in [1.29, 1.82) is 0 Å². The number of ether oxygens (including phenoxy) is 1. The van der Waals surface area contributed by atoms with Gasteiger partial charge in [0.15, 0.2) is 0 Å². The molecule has 72 valence electrons. The van der Waals surface area contributed by atoms with E-state index in [4.69, 9.17) is 4.74 Å². The zero-order valence-corrected chi connectivity index (χ0v) is 9.08. The molecule has 0 amide bonds. The third-order valence-electron chi connectivity index (χ3n) is 1.15. The topological polar surface area (TPSA) is 55.2 Å². The van der Waals surface area contributed by atoms with Gasteiger partial charge in [-0.15, -0.1) is 0 Å². The van der Waals surface area contributed by atoms with Crippen molar-refractivity contribution in [1.82, 2.24) is 9.97 Å². The minimum atomic E-state index is -0.865. The Hall–Kier alpha value is -0.680. The van der Waals surface area contributed by atoms with Gasteiger partial charge in [-0.3, -0.25) is 0 Å². The minimum absolute atomic E-state index is 0.175. The lowest BCUT2D eigenvalue weighted by Gasteiger charge is -2.16. The Balaban J connectivity index is 2.51. The molecule has 1 aromatic rings. The molecule has 0 unspecified atom stereocenters. The average molecular weight is 247 g/mol. The number of rotatable bonds is 3. The normalized spacial score (nSPS) is 11.4. The molecule has 5 heteroatoms. The highest BCUT2D eigenvalue weighted by molar-refractivity contribution is 9.10. The zero-order chi connectivity index (χ0) is 9.90. The molecular weight excluding hydrogens is 236 g/mol. The number of halogens is 1. The lowest BCUT2D eigenvalue weighted by molar-refractivity contribution is 0.0250. The van der Waals surface area contributed by atoms with Gasteiger partial charge in [-0.25, -0.2) is 9.97 Å². The number of aliphatic hydroxyl groups is 1. The van der Waals surface area contributed by atoms with Crippen LogP contribution < -0.4 is 4.74 Å². The molecule has 0 saturated carbocycles. The highest BCUT2D eigenvalue weighted by Crippen LogP contribution is 2.10. The van der Waals surface area contributed by atoms with Crippen LogP contribution in [0, 0.1) is 0 Å². The Labute approximate surface area is 85.1 Å². The maximum Gasteiger partial charge on any atom is 0.316 e. The molecule has 0 aromatic carbocycles. The molecule has 0 aliphatic rings. The quantitative estimate of drug-likeness (QED) is 0.876. The summed E-state index contributed by atoms with van der Waals surface area (Å²) >= 11 is 3.21. The molecule has 1 aromatic heterocycles. The number of hydrogen-bond acceptors (Lipinski definition) is 4. The van der Waals surface area contributed by atoms with E-state index in [9.17, 15) is 5.11 Å². The van der Waals surface area contributed by atoms with E-state index in [1.54, 1.807) is 26.2 Å². The standard InChI is InChI=1S/C8H11BrN2O2/c1-8(2,12)5-13-7-10-3-6(9)4-11-7/h3-4,12H,5H2,1-2H3. The highest BCUT2D eigenvalue weighted by Gasteiger charge is 2.13. The number of hydrogen-bond donors (Lipinski definition) is 1. The van der Waals surface area contributed by atoms with Crippen LogP contribution in [0.15, 0.2) is 16.9 Å². The Kier molecular flexibility index (Phi) is 3.22.